The van der Waals surface area contributed by atoms with Crippen molar-refractivity contribution in [2.75, 3.05) is 6.61 Å². The van der Waals surface area contributed by atoms with E-state index in [2.05, 4.69) is 4.84 Å². The monoisotopic (exact) mass is 214 g/mol. The number of carbonyl (C=O) groups excluding carboxylic acids is 1. The van der Waals surface area contributed by atoms with E-state index in [9.17, 15) is 18.0 Å². The number of hydroxylamine groups is 1. The Labute approximate surface area is 79.5 Å². The molecule has 3 N–H and O–H groups in total. The van der Waals surface area contributed by atoms with Crippen LogP contribution in [-0.2, 0) is 9.63 Å². The van der Waals surface area contributed by atoms with E-state index in [1.807, 2.05) is 0 Å². The predicted octanol–water partition coefficient (Wildman–Crippen LogP) is 0.580. The highest BCUT2D eigenvalue weighted by Crippen LogP contribution is 2.13. The van der Waals surface area contributed by atoms with E-state index in [1.165, 1.54) is 6.92 Å². The van der Waals surface area contributed by atoms with Crippen LogP contribution in [0.1, 0.15) is 13.8 Å². The fourth-order valence-electron chi connectivity index (χ4n) is 0.521. The van der Waals surface area contributed by atoms with Crippen molar-refractivity contribution in [1.29, 1.82) is 0 Å². The van der Waals surface area contributed by atoms with Gasteiger partial charge in [-0.15, -0.1) is 0 Å². The summed E-state index contributed by atoms with van der Waals surface area (Å²) in [6, 6.07) is -0.440. The van der Waals surface area contributed by atoms with E-state index < -0.39 is 30.7 Å². The van der Waals surface area contributed by atoms with Crippen molar-refractivity contribution in [3.8, 4) is 0 Å². The molecule has 0 fully saturated rings. The van der Waals surface area contributed by atoms with Gasteiger partial charge in [-0.2, -0.15) is 13.2 Å². The Balaban J connectivity index is 3.75. The van der Waals surface area contributed by atoms with E-state index in [0.717, 1.165) is 0 Å². The normalized spacial score (nSPS) is 16.1. The van der Waals surface area contributed by atoms with Crippen LogP contribution in [0.5, 0.6) is 0 Å². The Kier molecular flexibility index (Phi) is 4.86. The third-order valence-corrected chi connectivity index (χ3v) is 1.61. The Morgan fingerprint density at radius 3 is 2.36 bits per heavy atom. The average molecular weight is 214 g/mol. The van der Waals surface area contributed by atoms with Gasteiger partial charge in [0.1, 0.15) is 0 Å². The molecule has 0 aliphatic heterocycles. The van der Waals surface area contributed by atoms with Crippen molar-refractivity contribution in [2.45, 2.75) is 26.1 Å². The summed E-state index contributed by atoms with van der Waals surface area (Å²) in [7, 11) is 0. The molecule has 1 amide bonds. The number of nitrogens with two attached hydrogens (primary N) is 1. The maximum Gasteiger partial charge on any atom is 0.414 e. The summed E-state index contributed by atoms with van der Waals surface area (Å²) in [6.45, 7) is 1.56. The average Bonchev–Trinajstić information content (AvgIpc) is 2.00. The first-order chi connectivity index (χ1) is 6.24. The first-order valence-electron chi connectivity index (χ1n) is 3.98. The smallest absolute Gasteiger partial charge is 0.327 e. The minimum absolute atomic E-state index is 0.440. The molecule has 0 aromatic rings. The van der Waals surface area contributed by atoms with Crippen molar-refractivity contribution in [3.63, 3.8) is 0 Å². The lowest BCUT2D eigenvalue weighted by atomic mass is 10.0. The van der Waals surface area contributed by atoms with Crippen LogP contribution in [0, 0.1) is 5.92 Å². The van der Waals surface area contributed by atoms with Gasteiger partial charge in [-0.25, -0.2) is 5.48 Å². The molecule has 7 heteroatoms. The van der Waals surface area contributed by atoms with E-state index in [4.69, 9.17) is 5.73 Å². The van der Waals surface area contributed by atoms with Gasteiger partial charge in [-0.3, -0.25) is 9.63 Å². The van der Waals surface area contributed by atoms with E-state index in [0.29, 0.717) is 0 Å². The number of alkyl halides is 3. The topological polar surface area (TPSA) is 64.4 Å². The second-order valence-corrected chi connectivity index (χ2v) is 3.02. The van der Waals surface area contributed by atoms with E-state index in [1.54, 1.807) is 12.4 Å². The van der Waals surface area contributed by atoms with Gasteiger partial charge in [0.05, 0.1) is 5.92 Å². The summed E-state index contributed by atoms with van der Waals surface area (Å²) in [5, 5.41) is 0. The van der Waals surface area contributed by atoms with Gasteiger partial charge in [0, 0.05) is 6.04 Å². The lowest BCUT2D eigenvalue weighted by Gasteiger charge is -2.15. The van der Waals surface area contributed by atoms with E-state index in [-0.39, 0.29) is 0 Å². The largest absolute Gasteiger partial charge is 0.414 e. The van der Waals surface area contributed by atoms with Crippen LogP contribution < -0.4 is 11.2 Å². The Hall–Kier alpha value is -0.820. The third kappa shape index (κ3) is 5.76. The van der Waals surface area contributed by atoms with Crippen LogP contribution in [0.2, 0.25) is 0 Å². The number of nitrogens with one attached hydrogen (secondary N) is 1. The van der Waals surface area contributed by atoms with E-state index >= 15 is 0 Å². The van der Waals surface area contributed by atoms with Gasteiger partial charge < -0.3 is 5.73 Å². The SMILES string of the molecule is CC(N)C(C)C(=O)NOCC(F)(F)F. The molecule has 4 nitrogen and oxygen atoms in total. The molecule has 0 bridgehead atoms. The quantitative estimate of drug-likeness (QED) is 0.673. The van der Waals surface area contributed by atoms with Gasteiger partial charge >= 0.3 is 6.18 Å². The molecule has 0 aliphatic rings. The second-order valence-electron chi connectivity index (χ2n) is 3.02. The Morgan fingerprint density at radius 2 is 2.00 bits per heavy atom. The fourth-order valence-corrected chi connectivity index (χ4v) is 0.521. The Morgan fingerprint density at radius 1 is 1.50 bits per heavy atom. The number of rotatable bonds is 4. The van der Waals surface area contributed by atoms with Gasteiger partial charge in [0.25, 0.3) is 0 Å². The number of hydrogen-bond donors (Lipinski definition) is 2. The lowest BCUT2D eigenvalue weighted by molar-refractivity contribution is -0.192. The summed E-state index contributed by atoms with van der Waals surface area (Å²) in [5.41, 5.74) is 7.04. The molecular weight excluding hydrogens is 201 g/mol. The molecular formula is C7H13F3N2O2. The first-order valence-corrected chi connectivity index (χ1v) is 3.98. The molecule has 0 heterocycles. The summed E-state index contributed by atoms with van der Waals surface area (Å²) < 4.78 is 34.7. The summed E-state index contributed by atoms with van der Waals surface area (Å²) in [6.07, 6.45) is -4.45. The maximum atomic E-state index is 11.6. The maximum absolute atomic E-state index is 11.6. The lowest BCUT2D eigenvalue weighted by Crippen LogP contribution is -2.39. The minimum Gasteiger partial charge on any atom is -0.327 e. The number of amides is 1. The third-order valence-electron chi connectivity index (χ3n) is 1.61. The summed E-state index contributed by atoms with van der Waals surface area (Å²) in [4.78, 5) is 14.9. The molecule has 0 spiro atoms. The molecule has 0 aromatic heterocycles. The molecule has 0 aromatic carbocycles. The molecule has 0 aliphatic carbocycles. The minimum atomic E-state index is -4.45. The number of halogens is 3. The van der Waals surface area contributed by atoms with Crippen molar-refractivity contribution in [2.24, 2.45) is 11.7 Å². The fraction of sp³-hybridized carbons (Fsp3) is 0.857. The zero-order valence-electron chi connectivity index (χ0n) is 7.89. The molecule has 0 radical (unpaired) electrons. The van der Waals surface area contributed by atoms with Crippen molar-refractivity contribution in [3.05, 3.63) is 0 Å². The Bertz CT molecular complexity index is 194. The van der Waals surface area contributed by atoms with Gasteiger partial charge in [0.2, 0.25) is 5.91 Å². The van der Waals surface area contributed by atoms with Gasteiger partial charge in [-0.1, -0.05) is 6.92 Å². The standard InChI is InChI=1S/C7H13F3N2O2/c1-4(5(2)11)6(13)12-14-3-7(8,9)10/h4-5H,3,11H2,1-2H3,(H,12,13). The van der Waals surface area contributed by atoms with Gasteiger partial charge in [-0.05, 0) is 6.92 Å². The first kappa shape index (κ1) is 13.2. The van der Waals surface area contributed by atoms with Crippen LogP contribution in [0.15, 0.2) is 0 Å². The summed E-state index contributed by atoms with van der Waals surface area (Å²) >= 11 is 0. The molecule has 0 saturated heterocycles. The highest BCUT2D eigenvalue weighted by atomic mass is 19.4. The van der Waals surface area contributed by atoms with Crippen LogP contribution >= 0.6 is 0 Å². The van der Waals surface area contributed by atoms with Crippen LogP contribution in [-0.4, -0.2) is 24.7 Å². The highest BCUT2D eigenvalue weighted by molar-refractivity contribution is 5.77. The van der Waals surface area contributed by atoms with Crippen LogP contribution in [0.3, 0.4) is 0 Å². The van der Waals surface area contributed by atoms with Gasteiger partial charge in [0.15, 0.2) is 6.61 Å². The molecule has 0 rings (SSSR count). The van der Waals surface area contributed by atoms with Crippen LogP contribution in [0.4, 0.5) is 13.2 Å². The molecule has 84 valence electrons. The number of carbonyl (C=O) groups is 1. The number of hydrogen-bond acceptors (Lipinski definition) is 3. The zero-order chi connectivity index (χ0) is 11.4. The van der Waals surface area contributed by atoms with Crippen LogP contribution in [0.25, 0.3) is 0 Å². The van der Waals surface area contributed by atoms with Crippen molar-refractivity contribution in [1.82, 2.24) is 5.48 Å². The van der Waals surface area contributed by atoms with Crippen molar-refractivity contribution < 1.29 is 22.8 Å². The van der Waals surface area contributed by atoms with Crippen molar-refractivity contribution >= 4 is 5.91 Å². The predicted molar refractivity (Wildman–Crippen MR) is 43.0 cm³/mol. The second kappa shape index (κ2) is 5.16. The zero-order valence-corrected chi connectivity index (χ0v) is 7.89. The molecule has 14 heavy (non-hydrogen) atoms. The molecule has 0 saturated carbocycles. The molecule has 2 atom stereocenters. The molecule has 2 unspecified atom stereocenters. The highest BCUT2D eigenvalue weighted by Gasteiger charge is 2.28. The summed E-state index contributed by atoms with van der Waals surface area (Å²) in [5.74, 6) is -1.26.